The van der Waals surface area contributed by atoms with Gasteiger partial charge in [-0.25, -0.2) is 4.39 Å². The van der Waals surface area contributed by atoms with Gasteiger partial charge in [-0.1, -0.05) is 26.0 Å². The number of hydrogen-bond acceptors (Lipinski definition) is 2. The molecule has 1 unspecified atom stereocenters. The number of pyridine rings is 1. The van der Waals surface area contributed by atoms with Gasteiger partial charge in [0.05, 0.1) is 0 Å². The zero-order chi connectivity index (χ0) is 15.2. The van der Waals surface area contributed by atoms with E-state index in [9.17, 15) is 4.39 Å². The highest BCUT2D eigenvalue weighted by molar-refractivity contribution is 9.10. The summed E-state index contributed by atoms with van der Waals surface area (Å²) < 4.78 is 14.1. The molecule has 0 aliphatic rings. The fourth-order valence-corrected chi connectivity index (χ4v) is 2.43. The van der Waals surface area contributed by atoms with E-state index in [4.69, 9.17) is 0 Å². The maximum atomic E-state index is 13.1. The van der Waals surface area contributed by atoms with Crippen LogP contribution in [0.4, 0.5) is 4.39 Å². The molecule has 0 fully saturated rings. The second kappa shape index (κ2) is 7.66. The average Bonchev–Trinajstić information content (AvgIpc) is 2.46. The van der Waals surface area contributed by atoms with Crippen LogP contribution in [0, 0.1) is 5.82 Å². The van der Waals surface area contributed by atoms with E-state index in [1.807, 2.05) is 30.5 Å². The average molecular weight is 351 g/mol. The number of aromatic nitrogens is 1. The monoisotopic (exact) mass is 350 g/mol. The molecule has 0 radical (unpaired) electrons. The minimum atomic E-state index is -0.198. The van der Waals surface area contributed by atoms with E-state index in [-0.39, 0.29) is 11.7 Å². The molecule has 2 rings (SSSR count). The van der Waals surface area contributed by atoms with Gasteiger partial charge in [0.1, 0.15) is 5.82 Å². The van der Waals surface area contributed by atoms with Crippen molar-refractivity contribution in [2.45, 2.75) is 32.2 Å². The third-order valence-corrected chi connectivity index (χ3v) is 3.83. The van der Waals surface area contributed by atoms with Crippen molar-refractivity contribution in [3.63, 3.8) is 0 Å². The Morgan fingerprint density at radius 3 is 2.43 bits per heavy atom. The first-order chi connectivity index (χ1) is 10.0. The van der Waals surface area contributed by atoms with Crippen LogP contribution in [0.25, 0.3) is 0 Å². The van der Waals surface area contributed by atoms with Gasteiger partial charge in [0.2, 0.25) is 0 Å². The molecule has 1 N–H and O–H groups in total. The summed E-state index contributed by atoms with van der Waals surface area (Å²) in [6.07, 6.45) is 2.64. The van der Waals surface area contributed by atoms with Crippen molar-refractivity contribution >= 4 is 15.9 Å². The Morgan fingerprint density at radius 2 is 1.86 bits per heavy atom. The number of nitrogens with one attached hydrogen (secondary N) is 1. The number of nitrogens with zero attached hydrogens (tertiary/aromatic N) is 1. The van der Waals surface area contributed by atoms with Crippen molar-refractivity contribution in [3.8, 4) is 0 Å². The zero-order valence-electron chi connectivity index (χ0n) is 12.3. The zero-order valence-corrected chi connectivity index (χ0v) is 13.9. The van der Waals surface area contributed by atoms with Gasteiger partial charge in [0.15, 0.2) is 0 Å². The molecule has 2 nitrogen and oxygen atoms in total. The minimum Gasteiger partial charge on any atom is -0.314 e. The standard InChI is InChI=1S/C17H20BrFN2/c1-12(2)20-10-14(13-3-6-16(19)7-4-13)9-17-8-5-15(18)11-21-17/h3-8,11-12,14,20H,9-10H2,1-2H3. The minimum absolute atomic E-state index is 0.198. The fourth-order valence-electron chi connectivity index (χ4n) is 2.20. The van der Waals surface area contributed by atoms with Crippen LogP contribution in [-0.2, 0) is 6.42 Å². The maximum Gasteiger partial charge on any atom is 0.123 e. The quantitative estimate of drug-likeness (QED) is 0.839. The summed E-state index contributed by atoms with van der Waals surface area (Å²) >= 11 is 3.40. The summed E-state index contributed by atoms with van der Waals surface area (Å²) in [5.41, 5.74) is 2.17. The number of hydrogen-bond donors (Lipinski definition) is 1. The van der Waals surface area contributed by atoms with Crippen molar-refractivity contribution in [2.75, 3.05) is 6.54 Å². The summed E-state index contributed by atoms with van der Waals surface area (Å²) in [6.45, 7) is 5.10. The lowest BCUT2D eigenvalue weighted by atomic mass is 9.93. The summed E-state index contributed by atoms with van der Waals surface area (Å²) in [5.74, 6) is 0.0813. The number of benzene rings is 1. The second-order valence-electron chi connectivity index (χ2n) is 5.48. The Morgan fingerprint density at radius 1 is 1.14 bits per heavy atom. The van der Waals surface area contributed by atoms with E-state index in [1.54, 1.807) is 0 Å². The summed E-state index contributed by atoms with van der Waals surface area (Å²) in [4.78, 5) is 4.44. The van der Waals surface area contributed by atoms with Crippen molar-refractivity contribution in [2.24, 2.45) is 0 Å². The molecule has 0 spiro atoms. The van der Waals surface area contributed by atoms with Crippen molar-refractivity contribution in [1.82, 2.24) is 10.3 Å². The van der Waals surface area contributed by atoms with E-state index in [2.05, 4.69) is 40.1 Å². The third kappa shape index (κ3) is 5.21. The Balaban J connectivity index is 2.14. The molecule has 2 aromatic rings. The van der Waals surface area contributed by atoms with Crippen LogP contribution in [0.5, 0.6) is 0 Å². The third-order valence-electron chi connectivity index (χ3n) is 3.36. The lowest BCUT2D eigenvalue weighted by Crippen LogP contribution is -2.29. The molecule has 1 heterocycles. The van der Waals surface area contributed by atoms with Crippen LogP contribution in [0.3, 0.4) is 0 Å². The first-order valence-corrected chi connectivity index (χ1v) is 7.93. The van der Waals surface area contributed by atoms with Crippen molar-refractivity contribution < 1.29 is 4.39 Å². The van der Waals surface area contributed by atoms with Crippen LogP contribution in [0.1, 0.15) is 31.0 Å². The molecule has 0 saturated carbocycles. The summed E-state index contributed by atoms with van der Waals surface area (Å²) in [7, 11) is 0. The molecule has 1 aromatic carbocycles. The van der Waals surface area contributed by atoms with Crippen LogP contribution >= 0.6 is 15.9 Å². The van der Waals surface area contributed by atoms with Crippen molar-refractivity contribution in [1.29, 1.82) is 0 Å². The fraction of sp³-hybridized carbons (Fsp3) is 0.353. The van der Waals surface area contributed by atoms with Gasteiger partial charge in [-0.2, -0.15) is 0 Å². The van der Waals surface area contributed by atoms with E-state index >= 15 is 0 Å². The smallest absolute Gasteiger partial charge is 0.123 e. The number of halogens is 2. The first kappa shape index (κ1) is 16.1. The highest BCUT2D eigenvalue weighted by Gasteiger charge is 2.14. The second-order valence-corrected chi connectivity index (χ2v) is 6.40. The topological polar surface area (TPSA) is 24.9 Å². The molecular formula is C17H20BrFN2. The molecule has 0 amide bonds. The van der Waals surface area contributed by atoms with E-state index < -0.39 is 0 Å². The molecule has 4 heteroatoms. The Hall–Kier alpha value is -1.26. The van der Waals surface area contributed by atoms with Gasteiger partial charge >= 0.3 is 0 Å². The Labute approximate surface area is 133 Å². The van der Waals surface area contributed by atoms with Crippen molar-refractivity contribution in [3.05, 3.63) is 64.1 Å². The van der Waals surface area contributed by atoms with Gasteiger partial charge in [0.25, 0.3) is 0 Å². The summed E-state index contributed by atoms with van der Waals surface area (Å²) in [6, 6.07) is 11.2. The van der Waals surface area contributed by atoms with Gasteiger partial charge in [-0.3, -0.25) is 4.98 Å². The lowest BCUT2D eigenvalue weighted by Gasteiger charge is -2.19. The number of rotatable bonds is 6. The SMILES string of the molecule is CC(C)NCC(Cc1ccc(Br)cn1)c1ccc(F)cc1. The predicted octanol–water partition coefficient (Wildman–Crippen LogP) is 4.31. The van der Waals surface area contributed by atoms with Gasteiger partial charge < -0.3 is 5.32 Å². The van der Waals surface area contributed by atoms with E-state index in [0.717, 1.165) is 28.7 Å². The molecular weight excluding hydrogens is 331 g/mol. The Bertz CT molecular complexity index is 552. The molecule has 21 heavy (non-hydrogen) atoms. The molecule has 0 aliphatic carbocycles. The molecule has 1 atom stereocenters. The first-order valence-electron chi connectivity index (χ1n) is 7.14. The van der Waals surface area contributed by atoms with E-state index in [0.29, 0.717) is 6.04 Å². The predicted molar refractivity (Wildman–Crippen MR) is 87.9 cm³/mol. The molecule has 0 saturated heterocycles. The van der Waals surface area contributed by atoms with Gasteiger partial charge in [-0.05, 0) is 52.2 Å². The highest BCUT2D eigenvalue weighted by atomic mass is 79.9. The highest BCUT2D eigenvalue weighted by Crippen LogP contribution is 2.21. The maximum absolute atomic E-state index is 13.1. The van der Waals surface area contributed by atoms with Crippen LogP contribution in [0.15, 0.2) is 47.1 Å². The molecule has 0 bridgehead atoms. The van der Waals surface area contributed by atoms with Gasteiger partial charge in [-0.15, -0.1) is 0 Å². The molecule has 1 aromatic heterocycles. The lowest BCUT2D eigenvalue weighted by molar-refractivity contribution is 0.523. The van der Waals surface area contributed by atoms with Crippen LogP contribution in [0.2, 0.25) is 0 Å². The van der Waals surface area contributed by atoms with Crippen LogP contribution < -0.4 is 5.32 Å². The van der Waals surface area contributed by atoms with Crippen LogP contribution in [-0.4, -0.2) is 17.6 Å². The molecule has 112 valence electrons. The molecule has 0 aliphatic heterocycles. The van der Waals surface area contributed by atoms with Gasteiger partial charge in [0, 0.05) is 34.9 Å². The normalized spacial score (nSPS) is 12.6. The summed E-state index contributed by atoms with van der Waals surface area (Å²) in [5, 5.41) is 3.46. The van der Waals surface area contributed by atoms with E-state index in [1.165, 1.54) is 12.1 Å². The largest absolute Gasteiger partial charge is 0.314 e. The Kier molecular flexibility index (Phi) is 5.88.